The van der Waals surface area contributed by atoms with Gasteiger partial charge in [-0.25, -0.2) is 4.79 Å². The highest BCUT2D eigenvalue weighted by molar-refractivity contribution is 7.24. The SMILES string of the molecule is CC1(C)c2ccccc2-c2ccc(-n3c4ccccc4c4cc(-c5ccc(-c6ccc(/C=C(/C#N)C(=O)O)s6)s5)ccc43)cc21. The third-order valence-electron chi connectivity index (χ3n) is 8.90. The van der Waals surface area contributed by atoms with E-state index in [0.717, 1.165) is 30.8 Å². The highest BCUT2D eigenvalue weighted by Gasteiger charge is 2.35. The number of carboxylic acids is 1. The van der Waals surface area contributed by atoms with Crippen LogP contribution < -0.4 is 0 Å². The fourth-order valence-electron chi connectivity index (χ4n) is 6.71. The van der Waals surface area contributed by atoms with Crippen LogP contribution in [0.4, 0.5) is 0 Å². The molecule has 0 bridgehead atoms. The van der Waals surface area contributed by atoms with Crippen LogP contribution in [0.1, 0.15) is 29.9 Å². The molecule has 4 nitrogen and oxygen atoms in total. The molecule has 7 aromatic rings. The Morgan fingerprint density at radius 3 is 2.31 bits per heavy atom. The molecule has 4 aromatic carbocycles. The molecule has 0 saturated heterocycles. The Labute approximate surface area is 268 Å². The third kappa shape index (κ3) is 4.27. The van der Waals surface area contributed by atoms with Crippen molar-refractivity contribution >= 4 is 56.5 Å². The van der Waals surface area contributed by atoms with Gasteiger partial charge in [0.1, 0.15) is 11.6 Å². The zero-order chi connectivity index (χ0) is 30.9. The Bertz CT molecular complexity index is 2410. The van der Waals surface area contributed by atoms with Crippen molar-refractivity contribution in [2.45, 2.75) is 19.3 Å². The number of rotatable bonds is 5. The fraction of sp³-hybridized carbons (Fsp3) is 0.0769. The largest absolute Gasteiger partial charge is 0.477 e. The minimum Gasteiger partial charge on any atom is -0.477 e. The summed E-state index contributed by atoms with van der Waals surface area (Å²) in [6.07, 6.45) is 1.43. The maximum Gasteiger partial charge on any atom is 0.346 e. The van der Waals surface area contributed by atoms with Crippen molar-refractivity contribution in [3.05, 3.63) is 131 Å². The highest BCUT2D eigenvalue weighted by Crippen LogP contribution is 2.49. The summed E-state index contributed by atoms with van der Waals surface area (Å²) in [5.41, 5.74) is 9.71. The molecule has 0 atom stereocenters. The number of hydrogen-bond acceptors (Lipinski definition) is 4. The van der Waals surface area contributed by atoms with Gasteiger partial charge in [0.05, 0.1) is 11.0 Å². The molecule has 1 N–H and O–H groups in total. The fourth-order valence-corrected chi connectivity index (χ4v) is 8.75. The van der Waals surface area contributed by atoms with E-state index in [2.05, 4.69) is 115 Å². The molecule has 1 aliphatic rings. The van der Waals surface area contributed by atoms with Crippen molar-refractivity contribution in [1.82, 2.24) is 4.57 Å². The van der Waals surface area contributed by atoms with Crippen LogP contribution in [-0.2, 0) is 10.2 Å². The predicted octanol–water partition coefficient (Wildman–Crippen LogP) is 10.5. The topological polar surface area (TPSA) is 66.0 Å². The van der Waals surface area contributed by atoms with Crippen LogP contribution in [0.25, 0.3) is 64.9 Å². The summed E-state index contributed by atoms with van der Waals surface area (Å²) in [4.78, 5) is 15.3. The van der Waals surface area contributed by atoms with Gasteiger partial charge < -0.3 is 9.67 Å². The van der Waals surface area contributed by atoms with Gasteiger partial charge in [-0.15, -0.1) is 22.7 Å². The molecule has 3 heterocycles. The van der Waals surface area contributed by atoms with Gasteiger partial charge in [0.15, 0.2) is 0 Å². The molecule has 0 saturated carbocycles. The Hall–Kier alpha value is -5.22. The molecule has 0 fully saturated rings. The van der Waals surface area contributed by atoms with Crippen LogP contribution in [0, 0.1) is 11.3 Å². The van der Waals surface area contributed by atoms with Crippen molar-refractivity contribution in [3.63, 3.8) is 0 Å². The van der Waals surface area contributed by atoms with Gasteiger partial charge in [0.25, 0.3) is 0 Å². The average Bonchev–Trinajstić information content (AvgIpc) is 3.84. The number of carboxylic acid groups (broad SMARTS) is 1. The van der Waals surface area contributed by atoms with Gasteiger partial charge in [-0.1, -0.05) is 68.4 Å². The van der Waals surface area contributed by atoms with Crippen LogP contribution in [0.5, 0.6) is 0 Å². The molecule has 45 heavy (non-hydrogen) atoms. The first-order chi connectivity index (χ1) is 21.8. The maximum absolute atomic E-state index is 11.3. The van der Waals surface area contributed by atoms with Gasteiger partial charge in [0.2, 0.25) is 0 Å². The van der Waals surface area contributed by atoms with E-state index in [9.17, 15) is 9.90 Å². The second-order valence-electron chi connectivity index (χ2n) is 11.8. The second-order valence-corrected chi connectivity index (χ2v) is 14.0. The summed E-state index contributed by atoms with van der Waals surface area (Å²) < 4.78 is 2.39. The molecule has 0 unspecified atom stereocenters. The Kier molecular flexibility index (Phi) is 6.18. The molecular formula is C39H26N2O2S2. The minimum atomic E-state index is -1.21. The van der Waals surface area contributed by atoms with Crippen LogP contribution >= 0.6 is 22.7 Å². The van der Waals surface area contributed by atoms with E-state index < -0.39 is 5.97 Å². The monoisotopic (exact) mass is 618 g/mol. The molecular weight excluding hydrogens is 593 g/mol. The van der Waals surface area contributed by atoms with Gasteiger partial charge in [0, 0.05) is 41.4 Å². The lowest BCUT2D eigenvalue weighted by Crippen LogP contribution is -2.15. The van der Waals surface area contributed by atoms with Gasteiger partial charge in [-0.2, -0.15) is 5.26 Å². The van der Waals surface area contributed by atoms with E-state index in [-0.39, 0.29) is 11.0 Å². The number of hydrogen-bond donors (Lipinski definition) is 1. The second kappa shape index (κ2) is 10.2. The summed E-state index contributed by atoms with van der Waals surface area (Å²) in [6, 6.07) is 40.9. The quantitative estimate of drug-likeness (QED) is 0.154. The number of aliphatic carboxylic acids is 1. The lowest BCUT2D eigenvalue weighted by molar-refractivity contribution is -0.132. The van der Waals surface area contributed by atoms with E-state index in [4.69, 9.17) is 5.26 Å². The number of fused-ring (bicyclic) bond motifs is 6. The number of nitriles is 1. The molecule has 0 amide bonds. The van der Waals surface area contributed by atoms with Gasteiger partial charge in [-0.05, 0) is 88.5 Å². The van der Waals surface area contributed by atoms with Crippen LogP contribution in [0.2, 0.25) is 0 Å². The number of benzene rings is 4. The lowest BCUT2D eigenvalue weighted by Gasteiger charge is -2.22. The molecule has 1 aliphatic carbocycles. The first-order valence-corrected chi connectivity index (χ1v) is 16.3. The van der Waals surface area contributed by atoms with E-state index in [0.29, 0.717) is 0 Å². The molecule has 0 aliphatic heterocycles. The number of para-hydroxylation sites is 1. The zero-order valence-corrected chi connectivity index (χ0v) is 26.2. The van der Waals surface area contributed by atoms with E-state index in [1.54, 1.807) is 17.4 Å². The maximum atomic E-state index is 11.3. The molecule has 0 spiro atoms. The van der Waals surface area contributed by atoms with Crippen molar-refractivity contribution in [3.8, 4) is 43.1 Å². The van der Waals surface area contributed by atoms with Gasteiger partial charge in [-0.3, -0.25) is 0 Å². The van der Waals surface area contributed by atoms with Crippen molar-refractivity contribution in [1.29, 1.82) is 5.26 Å². The standard InChI is InChI=1S/C39H26N2O2S2/c1-39(2)31-9-5-3-7-27(31)28-14-12-25(21-32(28)39)41-33-10-6-4-8-29(33)30-20-23(11-15-34(30)41)35-17-18-37(45-35)36-16-13-26(44-36)19-24(22-40)38(42)43/h3-21H,1-2H3,(H,42,43)/b24-19-. The normalized spacial score (nSPS) is 13.6. The summed E-state index contributed by atoms with van der Waals surface area (Å²) in [6.45, 7) is 4.64. The number of nitrogens with zero attached hydrogens (tertiary/aromatic N) is 2. The van der Waals surface area contributed by atoms with Crippen LogP contribution in [-0.4, -0.2) is 15.6 Å². The zero-order valence-electron chi connectivity index (χ0n) is 24.5. The number of aromatic nitrogens is 1. The molecule has 0 radical (unpaired) electrons. The highest BCUT2D eigenvalue weighted by atomic mass is 32.1. The Balaban J connectivity index is 1.20. The van der Waals surface area contributed by atoms with E-state index >= 15 is 0 Å². The van der Waals surface area contributed by atoms with Crippen LogP contribution in [0.3, 0.4) is 0 Å². The van der Waals surface area contributed by atoms with Crippen molar-refractivity contribution in [2.24, 2.45) is 0 Å². The van der Waals surface area contributed by atoms with Crippen molar-refractivity contribution < 1.29 is 9.90 Å². The first-order valence-electron chi connectivity index (χ1n) is 14.7. The number of thiophene rings is 2. The van der Waals surface area contributed by atoms with Crippen LogP contribution in [0.15, 0.2) is 115 Å². The summed E-state index contributed by atoms with van der Waals surface area (Å²) in [5.74, 6) is -1.21. The predicted molar refractivity (Wildman–Crippen MR) is 186 cm³/mol. The molecule has 3 aromatic heterocycles. The first kappa shape index (κ1) is 27.3. The Morgan fingerprint density at radius 1 is 0.756 bits per heavy atom. The van der Waals surface area contributed by atoms with E-state index in [1.165, 1.54) is 61.5 Å². The molecule has 6 heteroatoms. The smallest absolute Gasteiger partial charge is 0.346 e. The number of carbonyl (C=O) groups is 1. The summed E-state index contributed by atoms with van der Waals surface area (Å²) in [5, 5.41) is 20.7. The van der Waals surface area contributed by atoms with Gasteiger partial charge >= 0.3 is 5.97 Å². The minimum absolute atomic E-state index is 0.0708. The van der Waals surface area contributed by atoms with E-state index in [1.807, 2.05) is 12.1 Å². The van der Waals surface area contributed by atoms with Crippen molar-refractivity contribution in [2.75, 3.05) is 0 Å². The summed E-state index contributed by atoms with van der Waals surface area (Å²) >= 11 is 3.19. The average molecular weight is 619 g/mol. The molecule has 216 valence electrons. The Morgan fingerprint density at radius 2 is 1.47 bits per heavy atom. The molecule has 8 rings (SSSR count). The summed E-state index contributed by atoms with van der Waals surface area (Å²) in [7, 11) is 0. The lowest BCUT2D eigenvalue weighted by atomic mass is 9.82. The third-order valence-corrected chi connectivity index (χ3v) is 11.3.